The monoisotopic (exact) mass is 632 g/mol. The molecule has 2 N–H and O–H groups in total. The third kappa shape index (κ3) is 4.29. The molecule has 1 aromatic rings. The first-order chi connectivity index (χ1) is 18.9. The lowest BCUT2D eigenvalue weighted by molar-refractivity contribution is -0.130. The highest BCUT2D eigenvalue weighted by Gasteiger charge is 2.59. The summed E-state index contributed by atoms with van der Waals surface area (Å²) >= 11 is 0. The number of anilines is 1. The number of ether oxygens (including phenoxy) is 2. The molecule has 2 rings (SSSR count). The number of carbonyl (C=O) groups excluding carboxylic acids is 1. The number of unbranched alkanes of at least 4 members (excludes halogenated alkanes) is 2. The number of hydrogen-bond donors (Lipinski definition) is 2. The number of rotatable bonds is 7. The normalized spacial score (nSPS) is 31.0. The minimum atomic E-state index is -1.76. The Kier molecular flexibility index (Phi) is 4.76. The van der Waals surface area contributed by atoms with Gasteiger partial charge in [0, 0.05) is 160 Å². The minimum Gasteiger partial charge on any atom is -0.449 e. The van der Waals surface area contributed by atoms with Crippen molar-refractivity contribution in [2.45, 2.75) is 76.9 Å². The maximum Gasteiger partial charge on any atom is 0.415 e. The SMILES string of the molecule is [2H][2H].[2H][2H].[2H][2H].[2H][2H].[2H][2H].[2H]c1c(F)c(N(C)C(=O)OCCCCC)nc(=O)n1[C@@H]1O[C@](C)(CC)[C@@](C)(O)[C@H]1O.[HH].[HH].[HH].[HH].[HH].[HH].[HH].[HH].[HH].[HH].[HH].[HH].[HH].[HH].[HH].[HH].[HH].[HH].[HH].[HH].[HH].[HH].[HH].[HH].[HH].[HH].[HH].[HH].[HH].[HH].[HH].[HH].[HH].[HH].[HH].[HH].[HH].[HH].[HH].[HH].[HH].[HH].[HH].[HH].[HH].[HH].[HH].[HH].[HH].[HH].[HH].[HH].[HH].[HH].[HH].[HH].[HH].[HH].[HH].[HH].[HH].[HH].[HH].[HH].[HH].[HH].[HH].[HH].[HH].[HH].[HH].[HH].[HH].[HH].[HH].[HH].[HH].[HH].[HH].[HH].[HH].[HH].[HH].[HH].[HH].[HH].[HH].[HH].[HH].[HH].[HH].[HH].[HH].[HH].[HH].[HH].[HH]. The van der Waals surface area contributed by atoms with Gasteiger partial charge in [-0.2, -0.15) is 4.98 Å². The number of aliphatic hydroxyl groups excluding tert-OH is 1. The molecule has 0 radical (unpaired) electrons. The van der Waals surface area contributed by atoms with Crippen LogP contribution in [0.4, 0.5) is 15.0 Å². The Hall–Kier alpha value is -2.04. The van der Waals surface area contributed by atoms with Crippen LogP contribution in [0.2, 0.25) is 0 Å². The Balaban J connectivity index is -0.00000000119. The maximum absolute atomic E-state index is 14.9. The molecule has 4 atom stereocenters. The zero-order valence-electron chi connectivity index (χ0n) is 28.4. The van der Waals surface area contributed by atoms with E-state index in [9.17, 15) is 24.2 Å². The zero-order valence-corrected chi connectivity index (χ0v) is 17.4. The van der Waals surface area contributed by atoms with E-state index in [1.54, 1.807) is 13.8 Å². The first-order valence-corrected chi connectivity index (χ1v) is 9.70. The van der Waals surface area contributed by atoms with E-state index in [0.29, 0.717) is 15.9 Å². The van der Waals surface area contributed by atoms with Crippen molar-refractivity contribution in [3.63, 3.8) is 0 Å². The Morgan fingerprint density at radius 1 is 1.59 bits per heavy atom. The van der Waals surface area contributed by atoms with Gasteiger partial charge < -0.3 is 19.7 Å². The zero-order chi connectivity index (χ0) is 32.9. The number of aliphatic hydroxyl groups is 2. The van der Waals surface area contributed by atoms with Gasteiger partial charge >= 0.3 is 11.8 Å². The Morgan fingerprint density at radius 3 is 2.79 bits per heavy atom. The fourth-order valence-corrected chi connectivity index (χ4v) is 3.16. The number of carbonyl (C=O) groups is 1. The summed E-state index contributed by atoms with van der Waals surface area (Å²) < 4.78 is 84.2. The number of aromatic nitrogens is 2. The molecule has 0 bridgehead atoms. The molecule has 0 aromatic carbocycles. The molecule has 0 spiro atoms. The predicted octanol–water partition coefficient (Wildman–Crippen LogP) is 27.0. The fraction of sp³-hybridized carbons (Fsp3) is 0.737. The molecule has 0 aliphatic carbocycles. The van der Waals surface area contributed by atoms with Crippen molar-refractivity contribution in [3.8, 4) is 0 Å². The van der Waals surface area contributed by atoms with E-state index in [1.165, 1.54) is 14.0 Å². The van der Waals surface area contributed by atoms with Gasteiger partial charge in [-0.05, 0) is 26.7 Å². The Bertz CT molecular complexity index is 941. The van der Waals surface area contributed by atoms with Gasteiger partial charge in [0.15, 0.2) is 17.9 Å². The first kappa shape index (κ1) is 15.8. The van der Waals surface area contributed by atoms with Gasteiger partial charge in [0.1, 0.15) is 11.7 Å². The van der Waals surface area contributed by atoms with Crippen LogP contribution in [0.5, 0.6) is 0 Å². The number of amides is 1. The molecule has 368 valence electrons. The number of nitrogens with zero attached hydrogens (tertiary/aromatic N) is 3. The van der Waals surface area contributed by atoms with E-state index < -0.39 is 53.1 Å². The highest BCUT2D eigenvalue weighted by atomic mass is 19.1. The van der Waals surface area contributed by atoms with Gasteiger partial charge in [-0.25, -0.2) is 14.0 Å². The van der Waals surface area contributed by atoms with Gasteiger partial charge in [-0.3, -0.25) is 9.47 Å². The molecule has 1 fully saturated rings. The van der Waals surface area contributed by atoms with E-state index in [4.69, 9.17) is 25.7 Å². The van der Waals surface area contributed by atoms with Gasteiger partial charge in [0.25, 0.3) is 0 Å². The number of hydrogen-bond acceptors (Lipinski definition) is 7. The molecule has 0 saturated carbocycles. The van der Waals surface area contributed by atoms with Crippen molar-refractivity contribution in [2.75, 3.05) is 18.6 Å². The van der Waals surface area contributed by atoms with Crippen LogP contribution in [-0.4, -0.2) is 56.8 Å². The molecule has 1 aromatic heterocycles. The van der Waals surface area contributed by atoms with Crippen LogP contribution in [0.25, 0.3) is 0 Å². The second-order valence-corrected chi connectivity index (χ2v) is 7.58. The van der Waals surface area contributed by atoms with Crippen molar-refractivity contribution in [1.82, 2.24) is 9.55 Å². The van der Waals surface area contributed by atoms with E-state index in [-0.39, 0.29) is 151 Å². The van der Waals surface area contributed by atoms with Gasteiger partial charge in [0.05, 0.1) is 19.8 Å². The maximum atomic E-state index is 14.9. The van der Waals surface area contributed by atoms with Crippen LogP contribution in [0.15, 0.2) is 11.0 Å². The van der Waals surface area contributed by atoms with E-state index in [1.807, 2.05) is 6.92 Å². The Morgan fingerprint density at radius 2 is 2.24 bits per heavy atom. The largest absolute Gasteiger partial charge is 0.449 e. The molecule has 0 unspecified atom stereocenters. The van der Waals surface area contributed by atoms with Crippen LogP contribution in [0.1, 0.15) is 214 Å². The molecule has 1 aliphatic rings. The highest BCUT2D eigenvalue weighted by molar-refractivity contribution is 5.85. The van der Waals surface area contributed by atoms with E-state index in [0.717, 1.165) is 12.8 Å². The second-order valence-electron chi connectivity index (χ2n) is 7.58. The molecule has 1 saturated heterocycles. The van der Waals surface area contributed by atoms with Crippen LogP contribution in [0, 0.1) is 5.82 Å². The van der Waals surface area contributed by atoms with Crippen molar-refractivity contribution < 1.29 is 183 Å². The lowest BCUT2D eigenvalue weighted by Gasteiger charge is -2.35. The summed E-state index contributed by atoms with van der Waals surface area (Å²) in [5, 5.41) is 21.2. The van der Waals surface area contributed by atoms with Crippen LogP contribution >= 0.6 is 0 Å². The third-order valence-electron chi connectivity index (χ3n) is 5.61. The summed E-state index contributed by atoms with van der Waals surface area (Å²) in [7, 11) is 1.18. The summed E-state index contributed by atoms with van der Waals surface area (Å²) in [5.41, 5.74) is -4.11. The van der Waals surface area contributed by atoms with Gasteiger partial charge in [0.2, 0.25) is 0 Å². The smallest absolute Gasteiger partial charge is 0.415 e. The second kappa shape index (κ2) is 8.76. The number of halogens is 1. The van der Waals surface area contributed by atoms with E-state index in [2.05, 4.69) is 4.98 Å². The van der Waals surface area contributed by atoms with Crippen molar-refractivity contribution in [2.24, 2.45) is 0 Å². The van der Waals surface area contributed by atoms with Crippen LogP contribution < -0.4 is 10.6 Å². The summed E-state index contributed by atoms with van der Waals surface area (Å²) in [6.45, 7) is 6.74. The molecule has 2 heterocycles. The average molecular weight is 632 g/mol. The minimum absolute atomic E-state index is 0. The molecule has 1 amide bonds. The predicted molar refractivity (Wildman–Crippen MR) is 319 cm³/mol. The van der Waals surface area contributed by atoms with Gasteiger partial charge in [-0.15, -0.1) is 0 Å². The fourth-order valence-electron chi connectivity index (χ4n) is 3.16. The third-order valence-corrected chi connectivity index (χ3v) is 5.61. The quantitative estimate of drug-likeness (QED) is 0.288. The molecule has 1 aliphatic heterocycles. The van der Waals surface area contributed by atoms with Crippen molar-refractivity contribution in [1.29, 1.82) is 0 Å². The highest BCUT2D eigenvalue weighted by Crippen LogP contribution is 2.45. The lowest BCUT2D eigenvalue weighted by Crippen LogP contribution is -2.52. The molecule has 9 nitrogen and oxygen atoms in total. The standard InChI is InChI=1S/C19H30FN3O6.102H2/c1-6-8-9-10-28-17(26)22(5)14-12(20)11-23(16(25)21-14)15-13(24)19(4,27)18(3,7-2)29-15;;;;;;;;;;;;;;;;;;;;;;;;;;;;;;;;;;;;;;;;;;;;;;;;;;;;;;;;;;;;;;;;;;;;;;;;;;;;;;;;;;;;;;;;;;;;;;;;;;;;;;/h11,13,15,24,27H,6-10H2,1-5H3;102*1H/t13-,15+,18+,19-;;;;;;;;;;;;;;;;;;;;;;;;;;;;;;;;;;;;;;;;;;;;;;;;;;;;;;;;;;;;;;;;;;;;;;;;;;;;;;;;;;;;;;;;;;;;;;;;;;;;;;/m0....................................................................................................../s1/i11D;5*1+1D;;;;;;;;;;;;;;;;;;;;;;;;;;;;;;;;;;;;;;;;;;;;;;;;;;;;;;;;;;;;;;;;;;;;;;;;;;;;;;;;;;;;;;;;;;;;;;;;;. The Labute approximate surface area is 329 Å². The average Bonchev–Trinajstić information content (AvgIpc) is 3.17. The van der Waals surface area contributed by atoms with Gasteiger partial charge in [-0.1, -0.05) is 26.7 Å². The summed E-state index contributed by atoms with van der Waals surface area (Å²) in [6.07, 6.45) is -2.25. The molecular formula is C19H234FN3O6. The summed E-state index contributed by atoms with van der Waals surface area (Å²) in [5.74, 6) is -1.93. The molecular weight excluding hydrogens is 385 g/mol. The molecule has 29 heavy (non-hydrogen) atoms. The van der Waals surface area contributed by atoms with Crippen molar-refractivity contribution >= 4 is 11.9 Å². The van der Waals surface area contributed by atoms with Crippen LogP contribution in [-0.2, 0) is 9.47 Å². The summed E-state index contributed by atoms with van der Waals surface area (Å²) in [6, 6.07) is 0. The summed E-state index contributed by atoms with van der Waals surface area (Å²) in [4.78, 5) is 29.0. The van der Waals surface area contributed by atoms with Crippen molar-refractivity contribution in [3.05, 3.63) is 22.5 Å². The lowest BCUT2D eigenvalue weighted by atomic mass is 9.82. The topological polar surface area (TPSA) is 114 Å². The van der Waals surface area contributed by atoms with E-state index >= 15 is 0 Å². The molecule has 10 heteroatoms. The van der Waals surface area contributed by atoms with Crippen LogP contribution in [0.3, 0.4) is 0 Å². The first-order valence-electron chi connectivity index (χ1n) is 15.2.